The van der Waals surface area contributed by atoms with Gasteiger partial charge >= 0.3 is 0 Å². The first-order valence-corrected chi connectivity index (χ1v) is 9.34. The summed E-state index contributed by atoms with van der Waals surface area (Å²) in [5, 5.41) is 10.8. The summed E-state index contributed by atoms with van der Waals surface area (Å²) in [5.41, 5.74) is 1.48. The summed E-state index contributed by atoms with van der Waals surface area (Å²) in [5.74, 6) is 1.38. The van der Waals surface area contributed by atoms with Gasteiger partial charge in [-0.15, -0.1) is 10.2 Å². The van der Waals surface area contributed by atoms with Crippen LogP contribution in [0.3, 0.4) is 0 Å². The molecule has 6 heteroatoms. The molecule has 0 aliphatic heterocycles. The molecule has 0 amide bonds. The third-order valence-corrected chi connectivity index (χ3v) is 4.96. The quantitative estimate of drug-likeness (QED) is 0.353. The van der Waals surface area contributed by atoms with Gasteiger partial charge in [-0.05, 0) is 47.2 Å². The first-order chi connectivity index (χ1) is 13.2. The molecule has 4 aromatic rings. The second-order valence-corrected chi connectivity index (χ2v) is 6.80. The van der Waals surface area contributed by atoms with Crippen LogP contribution in [0.1, 0.15) is 10.4 Å². The van der Waals surface area contributed by atoms with E-state index in [-0.39, 0.29) is 11.5 Å². The van der Waals surface area contributed by atoms with Crippen LogP contribution in [0.5, 0.6) is 5.75 Å². The van der Waals surface area contributed by atoms with Gasteiger partial charge in [-0.3, -0.25) is 4.79 Å². The molecule has 0 saturated heterocycles. The number of carbonyl (C=O) groups excluding carboxylic acids is 1. The number of Topliss-reactive ketones (excluding diaryl/α,β-unsaturated/α-hetero) is 1. The number of rotatable bonds is 6. The molecule has 27 heavy (non-hydrogen) atoms. The van der Waals surface area contributed by atoms with Crippen molar-refractivity contribution in [2.45, 2.75) is 5.22 Å². The zero-order valence-corrected chi connectivity index (χ0v) is 15.4. The number of fused-ring (bicyclic) bond motifs is 1. The first-order valence-electron chi connectivity index (χ1n) is 8.36. The predicted octanol–water partition coefficient (Wildman–Crippen LogP) is 4.87. The molecule has 1 aromatic heterocycles. The predicted molar refractivity (Wildman–Crippen MR) is 105 cm³/mol. The standard InChI is InChI=1S/C21H16N2O3S/c1-25-18-10-8-15(9-11-18)19(24)13-27-21-23-22-20(26-21)17-7-6-14-4-2-3-5-16(14)12-17/h2-12H,13H2,1H3. The van der Waals surface area contributed by atoms with Gasteiger partial charge in [0.05, 0.1) is 12.9 Å². The summed E-state index contributed by atoms with van der Waals surface area (Å²) in [6, 6.07) is 21.1. The van der Waals surface area contributed by atoms with Crippen molar-refractivity contribution in [3.63, 3.8) is 0 Å². The average molecular weight is 376 g/mol. The molecule has 0 fully saturated rings. The number of hydrogen-bond acceptors (Lipinski definition) is 6. The first kappa shape index (κ1) is 17.3. The van der Waals surface area contributed by atoms with E-state index in [4.69, 9.17) is 9.15 Å². The Hall–Kier alpha value is -3.12. The number of ether oxygens (including phenoxy) is 1. The zero-order chi connectivity index (χ0) is 18.6. The Labute approximate surface area is 160 Å². The second kappa shape index (κ2) is 7.63. The summed E-state index contributed by atoms with van der Waals surface area (Å²) >= 11 is 1.23. The van der Waals surface area contributed by atoms with E-state index in [1.807, 2.05) is 36.4 Å². The number of ketones is 1. The van der Waals surface area contributed by atoms with Crippen molar-refractivity contribution in [1.29, 1.82) is 0 Å². The second-order valence-electron chi connectivity index (χ2n) is 5.88. The number of methoxy groups -OCH3 is 1. The van der Waals surface area contributed by atoms with Gasteiger partial charge in [0.25, 0.3) is 5.22 Å². The Bertz CT molecular complexity index is 1090. The number of nitrogens with zero attached hydrogens (tertiary/aromatic N) is 2. The minimum Gasteiger partial charge on any atom is -0.497 e. The van der Waals surface area contributed by atoms with Crippen molar-refractivity contribution in [3.05, 3.63) is 72.3 Å². The average Bonchev–Trinajstić information content (AvgIpc) is 3.21. The fraction of sp³-hybridized carbons (Fsp3) is 0.0952. The maximum atomic E-state index is 12.3. The molecule has 0 unspecified atom stereocenters. The van der Waals surface area contributed by atoms with E-state index in [1.54, 1.807) is 31.4 Å². The van der Waals surface area contributed by atoms with Crippen molar-refractivity contribution >= 4 is 28.3 Å². The van der Waals surface area contributed by atoms with Crippen LogP contribution in [-0.4, -0.2) is 28.8 Å². The smallest absolute Gasteiger partial charge is 0.277 e. The van der Waals surface area contributed by atoms with Crippen LogP contribution in [0.15, 0.2) is 76.4 Å². The van der Waals surface area contributed by atoms with Gasteiger partial charge in [0.15, 0.2) is 5.78 Å². The van der Waals surface area contributed by atoms with Crippen LogP contribution >= 0.6 is 11.8 Å². The van der Waals surface area contributed by atoms with Gasteiger partial charge in [0.1, 0.15) is 5.75 Å². The lowest BCUT2D eigenvalue weighted by Crippen LogP contribution is -2.02. The molecular formula is C21H16N2O3S. The lowest BCUT2D eigenvalue weighted by Gasteiger charge is -2.01. The topological polar surface area (TPSA) is 65.2 Å². The largest absolute Gasteiger partial charge is 0.497 e. The fourth-order valence-electron chi connectivity index (χ4n) is 2.69. The Kier molecular flexibility index (Phi) is 4.89. The molecule has 5 nitrogen and oxygen atoms in total. The fourth-order valence-corrected chi connectivity index (χ4v) is 3.35. The van der Waals surface area contributed by atoms with Crippen molar-refractivity contribution in [1.82, 2.24) is 10.2 Å². The van der Waals surface area contributed by atoms with E-state index in [9.17, 15) is 4.79 Å². The molecule has 0 atom stereocenters. The molecule has 0 saturated carbocycles. The summed E-state index contributed by atoms with van der Waals surface area (Å²) in [4.78, 5) is 12.3. The number of benzene rings is 3. The minimum atomic E-state index is -0.00638. The number of hydrogen-bond donors (Lipinski definition) is 0. The summed E-state index contributed by atoms with van der Waals surface area (Å²) in [6.45, 7) is 0. The Morgan fingerprint density at radius 1 is 1.00 bits per heavy atom. The van der Waals surface area contributed by atoms with Crippen LogP contribution in [0.25, 0.3) is 22.2 Å². The van der Waals surface area contributed by atoms with Gasteiger partial charge < -0.3 is 9.15 Å². The normalized spacial score (nSPS) is 10.9. The number of thioether (sulfide) groups is 1. The SMILES string of the molecule is COc1ccc(C(=O)CSc2nnc(-c3ccc4ccccc4c3)o2)cc1. The Morgan fingerprint density at radius 2 is 1.78 bits per heavy atom. The zero-order valence-electron chi connectivity index (χ0n) is 14.6. The van der Waals surface area contributed by atoms with Gasteiger partial charge in [-0.2, -0.15) is 0 Å². The van der Waals surface area contributed by atoms with E-state index >= 15 is 0 Å². The lowest BCUT2D eigenvalue weighted by atomic mass is 10.1. The molecule has 3 aromatic carbocycles. The number of carbonyl (C=O) groups is 1. The molecule has 0 radical (unpaired) electrons. The summed E-state index contributed by atoms with van der Waals surface area (Å²) in [6.07, 6.45) is 0. The highest BCUT2D eigenvalue weighted by Gasteiger charge is 2.13. The minimum absolute atomic E-state index is 0.00638. The van der Waals surface area contributed by atoms with Gasteiger partial charge in [0.2, 0.25) is 5.89 Å². The molecule has 0 bridgehead atoms. The van der Waals surface area contributed by atoms with E-state index in [1.165, 1.54) is 11.8 Å². The monoisotopic (exact) mass is 376 g/mol. The van der Waals surface area contributed by atoms with E-state index in [0.29, 0.717) is 16.7 Å². The Morgan fingerprint density at radius 3 is 2.56 bits per heavy atom. The van der Waals surface area contributed by atoms with Gasteiger partial charge in [-0.25, -0.2) is 0 Å². The lowest BCUT2D eigenvalue weighted by molar-refractivity contribution is 0.102. The van der Waals surface area contributed by atoms with Crippen LogP contribution in [0.4, 0.5) is 0 Å². The van der Waals surface area contributed by atoms with Crippen LogP contribution in [0, 0.1) is 0 Å². The maximum Gasteiger partial charge on any atom is 0.277 e. The van der Waals surface area contributed by atoms with Crippen LogP contribution in [0.2, 0.25) is 0 Å². The Balaban J connectivity index is 1.44. The third-order valence-electron chi connectivity index (χ3n) is 4.14. The third kappa shape index (κ3) is 3.85. The molecule has 0 N–H and O–H groups in total. The molecule has 0 aliphatic carbocycles. The van der Waals surface area contributed by atoms with Crippen molar-refractivity contribution in [2.75, 3.05) is 12.9 Å². The van der Waals surface area contributed by atoms with Crippen LogP contribution < -0.4 is 4.74 Å². The van der Waals surface area contributed by atoms with Crippen molar-refractivity contribution in [3.8, 4) is 17.2 Å². The van der Waals surface area contributed by atoms with Crippen molar-refractivity contribution < 1.29 is 13.9 Å². The highest BCUT2D eigenvalue weighted by Crippen LogP contribution is 2.26. The molecule has 134 valence electrons. The molecule has 0 aliphatic rings. The van der Waals surface area contributed by atoms with Gasteiger partial charge in [-0.1, -0.05) is 42.1 Å². The molecule has 0 spiro atoms. The maximum absolute atomic E-state index is 12.3. The van der Waals surface area contributed by atoms with Crippen LogP contribution in [-0.2, 0) is 0 Å². The molecule has 1 heterocycles. The summed E-state index contributed by atoms with van der Waals surface area (Å²) < 4.78 is 10.8. The van der Waals surface area contributed by atoms with E-state index in [2.05, 4.69) is 16.3 Å². The molecular weight excluding hydrogens is 360 g/mol. The van der Waals surface area contributed by atoms with Crippen molar-refractivity contribution in [2.24, 2.45) is 0 Å². The highest BCUT2D eigenvalue weighted by atomic mass is 32.2. The number of aromatic nitrogens is 2. The van der Waals surface area contributed by atoms with Gasteiger partial charge in [0, 0.05) is 11.1 Å². The van der Waals surface area contributed by atoms with E-state index in [0.717, 1.165) is 22.1 Å². The molecule has 4 rings (SSSR count). The summed E-state index contributed by atoms with van der Waals surface area (Å²) in [7, 11) is 1.59. The highest BCUT2D eigenvalue weighted by molar-refractivity contribution is 7.99. The van der Waals surface area contributed by atoms with E-state index < -0.39 is 0 Å².